The van der Waals surface area contributed by atoms with E-state index in [1.54, 1.807) is 6.08 Å². The Bertz CT molecular complexity index is 432. The largest absolute Gasteiger partial charge is 0.481 e. The Labute approximate surface area is 151 Å². The van der Waals surface area contributed by atoms with Crippen molar-refractivity contribution < 1.29 is 25.2 Å². The van der Waals surface area contributed by atoms with Crippen LogP contribution in [0.2, 0.25) is 0 Å². The normalized spacial score (nSPS) is 28.2. The lowest BCUT2D eigenvalue weighted by Gasteiger charge is -2.19. The molecule has 0 aromatic carbocycles. The number of aliphatic hydroxyl groups excluding tert-OH is 3. The predicted octanol–water partition coefficient (Wildman–Crippen LogP) is 3.04. The highest BCUT2D eigenvalue weighted by atomic mass is 16.4. The van der Waals surface area contributed by atoms with Crippen molar-refractivity contribution in [1.82, 2.24) is 0 Å². The van der Waals surface area contributed by atoms with Gasteiger partial charge in [-0.05, 0) is 31.6 Å². The first kappa shape index (κ1) is 21.9. The van der Waals surface area contributed by atoms with Gasteiger partial charge in [0.1, 0.15) is 0 Å². The second kappa shape index (κ2) is 12.2. The van der Waals surface area contributed by atoms with Gasteiger partial charge < -0.3 is 20.4 Å². The second-order valence-corrected chi connectivity index (χ2v) is 7.05. The molecular weight excluding hydrogens is 320 g/mol. The lowest BCUT2D eigenvalue weighted by Crippen LogP contribution is -2.20. The van der Waals surface area contributed by atoms with Crippen LogP contribution in [0.15, 0.2) is 24.3 Å². The number of hydrogen-bond acceptors (Lipinski definition) is 4. The molecule has 0 spiro atoms. The topological polar surface area (TPSA) is 98.0 Å². The highest BCUT2D eigenvalue weighted by Gasteiger charge is 2.39. The number of hydrogen-bond donors (Lipinski definition) is 4. The van der Waals surface area contributed by atoms with Crippen LogP contribution in [0.1, 0.15) is 64.7 Å². The summed E-state index contributed by atoms with van der Waals surface area (Å²) < 4.78 is 0. The smallest absolute Gasteiger partial charge is 0.303 e. The third kappa shape index (κ3) is 8.66. The van der Waals surface area contributed by atoms with Crippen molar-refractivity contribution in [3.63, 3.8) is 0 Å². The molecule has 0 heterocycles. The molecule has 5 nitrogen and oxygen atoms in total. The zero-order chi connectivity index (χ0) is 18.7. The van der Waals surface area contributed by atoms with Crippen LogP contribution >= 0.6 is 0 Å². The van der Waals surface area contributed by atoms with E-state index in [2.05, 4.69) is 6.92 Å². The van der Waals surface area contributed by atoms with Crippen molar-refractivity contribution in [2.45, 2.75) is 83.0 Å². The van der Waals surface area contributed by atoms with E-state index in [4.69, 9.17) is 5.11 Å². The summed E-state index contributed by atoms with van der Waals surface area (Å²) in [5.74, 6) is -1.00. The molecule has 0 bridgehead atoms. The molecule has 0 amide bonds. The zero-order valence-electron chi connectivity index (χ0n) is 15.3. The first-order valence-corrected chi connectivity index (χ1v) is 9.55. The summed E-state index contributed by atoms with van der Waals surface area (Å²) >= 11 is 0. The number of rotatable bonds is 12. The van der Waals surface area contributed by atoms with Crippen LogP contribution in [0.25, 0.3) is 0 Å². The Hall–Kier alpha value is -1.17. The van der Waals surface area contributed by atoms with E-state index in [1.807, 2.05) is 18.2 Å². The predicted molar refractivity (Wildman–Crippen MR) is 98.1 cm³/mol. The van der Waals surface area contributed by atoms with Gasteiger partial charge in [0, 0.05) is 18.8 Å². The van der Waals surface area contributed by atoms with Crippen LogP contribution < -0.4 is 0 Å². The molecule has 25 heavy (non-hydrogen) atoms. The molecule has 0 aromatic heterocycles. The first-order chi connectivity index (χ1) is 12.0. The molecule has 1 aliphatic carbocycles. The van der Waals surface area contributed by atoms with Gasteiger partial charge in [0.25, 0.3) is 0 Å². The van der Waals surface area contributed by atoms with Crippen LogP contribution in [-0.4, -0.2) is 44.7 Å². The third-order valence-electron chi connectivity index (χ3n) is 4.91. The van der Waals surface area contributed by atoms with Gasteiger partial charge in [-0.3, -0.25) is 4.79 Å². The molecular formula is C20H34O5. The van der Waals surface area contributed by atoms with Gasteiger partial charge in [0.05, 0.1) is 18.3 Å². The molecule has 5 heteroatoms. The average Bonchev–Trinajstić information content (AvgIpc) is 2.82. The van der Waals surface area contributed by atoms with E-state index in [0.29, 0.717) is 25.7 Å². The Morgan fingerprint density at radius 1 is 1.16 bits per heavy atom. The van der Waals surface area contributed by atoms with Crippen LogP contribution in [0.4, 0.5) is 0 Å². The highest BCUT2D eigenvalue weighted by molar-refractivity contribution is 5.66. The lowest BCUT2D eigenvalue weighted by atomic mass is 9.89. The molecule has 1 rings (SSSR count). The summed E-state index contributed by atoms with van der Waals surface area (Å²) in [6.07, 6.45) is 12.3. The average molecular weight is 354 g/mol. The van der Waals surface area contributed by atoms with E-state index < -0.39 is 24.3 Å². The van der Waals surface area contributed by atoms with Gasteiger partial charge in [-0.2, -0.15) is 0 Å². The molecule has 4 N–H and O–H groups in total. The Balaban J connectivity index is 2.46. The van der Waals surface area contributed by atoms with Gasteiger partial charge >= 0.3 is 5.97 Å². The van der Waals surface area contributed by atoms with Gasteiger partial charge in [0.15, 0.2) is 0 Å². The summed E-state index contributed by atoms with van der Waals surface area (Å²) in [6.45, 7) is 2.12. The van der Waals surface area contributed by atoms with Crippen LogP contribution in [0, 0.1) is 11.8 Å². The van der Waals surface area contributed by atoms with Gasteiger partial charge in [0.2, 0.25) is 0 Å². The monoisotopic (exact) mass is 354 g/mol. The van der Waals surface area contributed by atoms with Gasteiger partial charge in [-0.25, -0.2) is 0 Å². The maximum Gasteiger partial charge on any atom is 0.303 e. The first-order valence-electron chi connectivity index (χ1n) is 9.55. The molecule has 0 unspecified atom stereocenters. The molecule has 0 saturated heterocycles. The summed E-state index contributed by atoms with van der Waals surface area (Å²) in [5.41, 5.74) is 0. The number of aliphatic carboxylic acids is 1. The Morgan fingerprint density at radius 2 is 1.92 bits per heavy atom. The van der Waals surface area contributed by atoms with Crippen molar-refractivity contribution in [3.8, 4) is 0 Å². The number of allylic oxidation sites excluding steroid dienone is 2. The number of carboxylic acid groups (broad SMARTS) is 1. The van der Waals surface area contributed by atoms with E-state index in [1.165, 1.54) is 0 Å². The number of carbonyl (C=O) groups is 1. The fraction of sp³-hybridized carbons (Fsp3) is 0.750. The zero-order valence-corrected chi connectivity index (χ0v) is 15.3. The molecule has 5 atom stereocenters. The Morgan fingerprint density at radius 3 is 2.60 bits per heavy atom. The SMILES string of the molecule is CCCCC[C@@H](O)/C=C/[C@H]1[C@H](CC=CCCCC(=O)O)[C@H](O)C[C@@H]1O. The second-order valence-electron chi connectivity index (χ2n) is 7.05. The fourth-order valence-electron chi connectivity index (χ4n) is 3.41. The Kier molecular flexibility index (Phi) is 10.7. The molecule has 0 aromatic rings. The van der Waals surface area contributed by atoms with E-state index in [-0.39, 0.29) is 18.3 Å². The minimum atomic E-state index is -0.787. The summed E-state index contributed by atoms with van der Waals surface area (Å²) in [7, 11) is 0. The van der Waals surface area contributed by atoms with Crippen LogP contribution in [0.5, 0.6) is 0 Å². The molecule has 1 saturated carbocycles. The quantitative estimate of drug-likeness (QED) is 0.319. The number of carboxylic acids is 1. The van der Waals surface area contributed by atoms with E-state index >= 15 is 0 Å². The van der Waals surface area contributed by atoms with E-state index in [0.717, 1.165) is 25.7 Å². The molecule has 144 valence electrons. The van der Waals surface area contributed by atoms with Crippen LogP contribution in [0.3, 0.4) is 0 Å². The van der Waals surface area contributed by atoms with Crippen LogP contribution in [-0.2, 0) is 4.79 Å². The molecule has 1 fully saturated rings. The van der Waals surface area contributed by atoms with Crippen molar-refractivity contribution in [1.29, 1.82) is 0 Å². The van der Waals surface area contributed by atoms with Crippen molar-refractivity contribution in [3.05, 3.63) is 24.3 Å². The third-order valence-corrected chi connectivity index (χ3v) is 4.91. The van der Waals surface area contributed by atoms with Crippen molar-refractivity contribution in [2.24, 2.45) is 11.8 Å². The molecule has 1 aliphatic rings. The highest BCUT2D eigenvalue weighted by Crippen LogP contribution is 2.36. The molecule has 0 radical (unpaired) electrons. The summed E-state index contributed by atoms with van der Waals surface area (Å²) in [5, 5.41) is 39.0. The molecule has 0 aliphatic heterocycles. The minimum absolute atomic E-state index is 0.0650. The maximum atomic E-state index is 10.5. The number of unbranched alkanes of at least 4 members (excludes halogenated alkanes) is 3. The van der Waals surface area contributed by atoms with E-state index in [9.17, 15) is 20.1 Å². The van der Waals surface area contributed by atoms with Crippen molar-refractivity contribution in [2.75, 3.05) is 0 Å². The standard InChI is InChI=1S/C20H34O5/c1-2-3-6-9-15(21)12-13-17-16(18(22)14-19(17)23)10-7-4-5-8-11-20(24)25/h4,7,12-13,15-19,21-23H,2-3,5-6,8-11,14H2,1H3,(H,24,25)/b7-4?,13-12+/t15-,16+,17+,18-,19+/m1/s1. The summed E-state index contributed by atoms with van der Waals surface area (Å²) in [4.78, 5) is 10.5. The van der Waals surface area contributed by atoms with Crippen molar-refractivity contribution >= 4 is 5.97 Å². The van der Waals surface area contributed by atoms with Gasteiger partial charge in [-0.15, -0.1) is 0 Å². The maximum absolute atomic E-state index is 10.5. The summed E-state index contributed by atoms with van der Waals surface area (Å²) in [6, 6.07) is 0. The minimum Gasteiger partial charge on any atom is -0.481 e. The lowest BCUT2D eigenvalue weighted by molar-refractivity contribution is -0.137. The van der Waals surface area contributed by atoms with Gasteiger partial charge in [-0.1, -0.05) is 50.5 Å². The fourth-order valence-corrected chi connectivity index (χ4v) is 3.41. The number of aliphatic hydroxyl groups is 3.